The number of nitrogens with one attached hydrogen (secondary N) is 1. The molecule has 1 aromatic heterocycles. The number of hydrogen-bond acceptors (Lipinski definition) is 2. The highest BCUT2D eigenvalue weighted by atomic mass is 19.1. The van der Waals surface area contributed by atoms with E-state index < -0.39 is 0 Å². The van der Waals surface area contributed by atoms with Crippen LogP contribution < -0.4 is 5.32 Å². The highest BCUT2D eigenvalue weighted by Crippen LogP contribution is 2.19. The molecule has 1 N–H and O–H groups in total. The molecule has 0 atom stereocenters. The molecule has 18 heavy (non-hydrogen) atoms. The van der Waals surface area contributed by atoms with E-state index in [0.29, 0.717) is 0 Å². The lowest BCUT2D eigenvalue weighted by atomic mass is 10.1. The van der Waals surface area contributed by atoms with Gasteiger partial charge < -0.3 is 9.88 Å². The van der Waals surface area contributed by atoms with Crippen molar-refractivity contribution >= 4 is 0 Å². The van der Waals surface area contributed by atoms with Crippen molar-refractivity contribution in [2.75, 3.05) is 13.1 Å². The Morgan fingerprint density at radius 2 is 2.28 bits per heavy atom. The topological polar surface area (TPSA) is 29.9 Å². The molecule has 0 spiro atoms. The Hall–Kier alpha value is -1.68. The summed E-state index contributed by atoms with van der Waals surface area (Å²) >= 11 is 0. The molecule has 0 amide bonds. The minimum atomic E-state index is -0.215. The molecule has 2 rings (SSSR count). The molecule has 0 fully saturated rings. The fourth-order valence-corrected chi connectivity index (χ4v) is 1.94. The van der Waals surface area contributed by atoms with Gasteiger partial charge in [-0.25, -0.2) is 9.37 Å². The monoisotopic (exact) mass is 247 g/mol. The van der Waals surface area contributed by atoms with E-state index in [9.17, 15) is 4.39 Å². The number of rotatable bonds is 6. The smallest absolute Gasteiger partial charge is 0.123 e. The van der Waals surface area contributed by atoms with Crippen LogP contribution in [0.1, 0.15) is 13.3 Å². The largest absolute Gasteiger partial charge is 0.331 e. The summed E-state index contributed by atoms with van der Waals surface area (Å²) in [6.45, 7) is 4.95. The molecular weight excluding hydrogens is 229 g/mol. The molecule has 3 nitrogen and oxygen atoms in total. The van der Waals surface area contributed by atoms with Crippen LogP contribution in [-0.4, -0.2) is 22.6 Å². The van der Waals surface area contributed by atoms with Gasteiger partial charge in [-0.2, -0.15) is 0 Å². The first-order chi connectivity index (χ1) is 8.81. The van der Waals surface area contributed by atoms with Gasteiger partial charge in [0.15, 0.2) is 0 Å². The summed E-state index contributed by atoms with van der Waals surface area (Å²) in [7, 11) is 0. The lowest BCUT2D eigenvalue weighted by Crippen LogP contribution is -2.16. The average molecular weight is 247 g/mol. The third-order valence-electron chi connectivity index (χ3n) is 2.84. The Labute approximate surface area is 107 Å². The summed E-state index contributed by atoms with van der Waals surface area (Å²) in [5.41, 5.74) is 1.84. The quantitative estimate of drug-likeness (QED) is 0.795. The first-order valence-electron chi connectivity index (χ1n) is 6.28. The SMILES string of the molecule is CCNCCCn1cncc1-c1cccc(F)c1. The number of benzene rings is 1. The third-order valence-corrected chi connectivity index (χ3v) is 2.84. The van der Waals surface area contributed by atoms with E-state index in [0.717, 1.165) is 37.3 Å². The van der Waals surface area contributed by atoms with Crippen LogP contribution in [0.15, 0.2) is 36.8 Å². The molecule has 4 heteroatoms. The number of nitrogens with zero attached hydrogens (tertiary/aromatic N) is 2. The van der Waals surface area contributed by atoms with E-state index in [-0.39, 0.29) is 5.82 Å². The minimum Gasteiger partial charge on any atom is -0.331 e. The lowest BCUT2D eigenvalue weighted by molar-refractivity contribution is 0.594. The van der Waals surface area contributed by atoms with Crippen LogP contribution in [0.2, 0.25) is 0 Å². The lowest BCUT2D eigenvalue weighted by Gasteiger charge is -2.08. The Morgan fingerprint density at radius 1 is 1.39 bits per heavy atom. The van der Waals surface area contributed by atoms with Crippen molar-refractivity contribution in [1.29, 1.82) is 0 Å². The second-order valence-electron chi connectivity index (χ2n) is 4.19. The van der Waals surface area contributed by atoms with E-state index in [1.165, 1.54) is 12.1 Å². The summed E-state index contributed by atoms with van der Waals surface area (Å²) in [6, 6.07) is 6.62. The van der Waals surface area contributed by atoms with Crippen molar-refractivity contribution in [1.82, 2.24) is 14.9 Å². The Bertz CT molecular complexity index is 493. The van der Waals surface area contributed by atoms with E-state index in [1.54, 1.807) is 18.6 Å². The molecular formula is C14H18FN3. The highest BCUT2D eigenvalue weighted by molar-refractivity contribution is 5.58. The fraction of sp³-hybridized carbons (Fsp3) is 0.357. The zero-order valence-electron chi connectivity index (χ0n) is 10.6. The van der Waals surface area contributed by atoms with Crippen molar-refractivity contribution < 1.29 is 4.39 Å². The third kappa shape index (κ3) is 3.17. The number of hydrogen-bond donors (Lipinski definition) is 1. The summed E-state index contributed by atoms with van der Waals surface area (Å²) < 4.78 is 15.3. The maximum Gasteiger partial charge on any atom is 0.123 e. The molecule has 0 saturated carbocycles. The van der Waals surface area contributed by atoms with Crippen LogP contribution in [0.4, 0.5) is 4.39 Å². The maximum absolute atomic E-state index is 13.2. The molecule has 0 aliphatic carbocycles. The first-order valence-corrected chi connectivity index (χ1v) is 6.28. The molecule has 2 aromatic rings. The summed E-state index contributed by atoms with van der Waals surface area (Å²) in [6.07, 6.45) is 4.61. The van der Waals surface area contributed by atoms with Gasteiger partial charge in [-0.15, -0.1) is 0 Å². The molecule has 1 aromatic carbocycles. The predicted molar refractivity (Wildman–Crippen MR) is 70.8 cm³/mol. The summed E-state index contributed by atoms with van der Waals surface area (Å²) in [5.74, 6) is -0.215. The maximum atomic E-state index is 13.2. The van der Waals surface area contributed by atoms with Crippen molar-refractivity contribution in [3.63, 3.8) is 0 Å². The second kappa shape index (κ2) is 6.31. The number of halogens is 1. The van der Waals surface area contributed by atoms with Crippen LogP contribution in [-0.2, 0) is 6.54 Å². The molecule has 0 saturated heterocycles. The fourth-order valence-electron chi connectivity index (χ4n) is 1.94. The van der Waals surface area contributed by atoms with Gasteiger partial charge >= 0.3 is 0 Å². The second-order valence-corrected chi connectivity index (χ2v) is 4.19. The predicted octanol–water partition coefficient (Wildman–Crippen LogP) is 2.69. The molecule has 1 heterocycles. The van der Waals surface area contributed by atoms with Crippen LogP contribution in [0.3, 0.4) is 0 Å². The standard InChI is InChI=1S/C14H18FN3/c1-2-16-7-4-8-18-11-17-10-14(18)12-5-3-6-13(15)9-12/h3,5-6,9-11,16H,2,4,7-8H2,1H3. The molecule has 0 aliphatic heterocycles. The van der Waals surface area contributed by atoms with Gasteiger partial charge in [-0.05, 0) is 31.6 Å². The van der Waals surface area contributed by atoms with E-state index in [1.807, 2.05) is 6.07 Å². The number of aromatic nitrogens is 2. The van der Waals surface area contributed by atoms with Crippen LogP contribution >= 0.6 is 0 Å². The zero-order chi connectivity index (χ0) is 12.8. The molecule has 0 radical (unpaired) electrons. The highest BCUT2D eigenvalue weighted by Gasteiger charge is 2.05. The van der Waals surface area contributed by atoms with E-state index in [2.05, 4.69) is 21.8 Å². The minimum absolute atomic E-state index is 0.215. The van der Waals surface area contributed by atoms with Crippen molar-refractivity contribution in [2.24, 2.45) is 0 Å². The van der Waals surface area contributed by atoms with Gasteiger partial charge in [-0.3, -0.25) is 0 Å². The Kier molecular flexibility index (Phi) is 4.47. The molecule has 0 aliphatic rings. The summed E-state index contributed by atoms with van der Waals surface area (Å²) in [5, 5.41) is 3.29. The van der Waals surface area contributed by atoms with Gasteiger partial charge in [0, 0.05) is 12.1 Å². The van der Waals surface area contributed by atoms with E-state index >= 15 is 0 Å². The average Bonchev–Trinajstić information content (AvgIpc) is 2.83. The van der Waals surface area contributed by atoms with Crippen LogP contribution in [0, 0.1) is 5.82 Å². The Balaban J connectivity index is 2.08. The molecule has 0 unspecified atom stereocenters. The van der Waals surface area contributed by atoms with Crippen molar-refractivity contribution in [2.45, 2.75) is 19.9 Å². The summed E-state index contributed by atoms with van der Waals surface area (Å²) in [4.78, 5) is 4.15. The Morgan fingerprint density at radius 3 is 3.06 bits per heavy atom. The molecule has 96 valence electrons. The zero-order valence-corrected chi connectivity index (χ0v) is 10.6. The van der Waals surface area contributed by atoms with Crippen LogP contribution in [0.25, 0.3) is 11.3 Å². The van der Waals surface area contributed by atoms with Crippen molar-refractivity contribution in [3.05, 3.63) is 42.6 Å². The van der Waals surface area contributed by atoms with Gasteiger partial charge in [0.2, 0.25) is 0 Å². The van der Waals surface area contributed by atoms with Gasteiger partial charge in [0.25, 0.3) is 0 Å². The number of imidazole rings is 1. The van der Waals surface area contributed by atoms with Crippen LogP contribution in [0.5, 0.6) is 0 Å². The number of aryl methyl sites for hydroxylation is 1. The van der Waals surface area contributed by atoms with Gasteiger partial charge in [0.1, 0.15) is 5.82 Å². The van der Waals surface area contributed by atoms with Crippen molar-refractivity contribution in [3.8, 4) is 11.3 Å². The van der Waals surface area contributed by atoms with Gasteiger partial charge in [0.05, 0.1) is 18.2 Å². The molecule has 0 bridgehead atoms. The normalized spacial score (nSPS) is 10.8. The van der Waals surface area contributed by atoms with E-state index in [4.69, 9.17) is 0 Å². The first kappa shape index (κ1) is 12.8. The van der Waals surface area contributed by atoms with Gasteiger partial charge in [-0.1, -0.05) is 19.1 Å².